The second-order valence-corrected chi connectivity index (χ2v) is 9.22. The van der Waals surface area contributed by atoms with Gasteiger partial charge in [-0.1, -0.05) is 72.8 Å². The van der Waals surface area contributed by atoms with E-state index in [1.807, 2.05) is 73.8 Å². The predicted octanol–water partition coefficient (Wildman–Crippen LogP) is 8.36. The summed E-state index contributed by atoms with van der Waals surface area (Å²) in [5.41, 5.74) is 9.97. The molecule has 0 unspecified atom stereocenters. The van der Waals surface area contributed by atoms with Crippen LogP contribution in [0.3, 0.4) is 0 Å². The van der Waals surface area contributed by atoms with Crippen LogP contribution in [0.1, 0.15) is 34.0 Å². The summed E-state index contributed by atoms with van der Waals surface area (Å²) in [6.45, 7) is 6.32. The highest BCUT2D eigenvalue weighted by atomic mass is 16.5. The Morgan fingerprint density at radius 1 is 0.816 bits per heavy atom. The molecular weight excluding hydrogens is 468 g/mol. The lowest BCUT2D eigenvalue weighted by Crippen LogP contribution is -2.05. The van der Waals surface area contributed by atoms with Gasteiger partial charge in [0.2, 0.25) is 0 Å². The van der Waals surface area contributed by atoms with Gasteiger partial charge in [-0.05, 0) is 79.4 Å². The molecule has 188 valence electrons. The summed E-state index contributed by atoms with van der Waals surface area (Å²) in [6, 6.07) is 36.8. The van der Waals surface area contributed by atoms with Gasteiger partial charge in [0, 0.05) is 17.5 Å². The van der Waals surface area contributed by atoms with Crippen LogP contribution in [0.25, 0.3) is 28.2 Å². The Morgan fingerprint density at radius 2 is 1.47 bits per heavy atom. The first kappa shape index (κ1) is 25.0. The summed E-state index contributed by atoms with van der Waals surface area (Å²) in [6.07, 6.45) is 1.96. The Morgan fingerprint density at radius 3 is 2.13 bits per heavy atom. The van der Waals surface area contributed by atoms with E-state index in [0.717, 1.165) is 45.0 Å². The molecule has 0 N–H and O–H groups in total. The minimum absolute atomic E-state index is 0.320. The van der Waals surface area contributed by atoms with Crippen LogP contribution >= 0.6 is 0 Å². The minimum Gasteiger partial charge on any atom is -0.462 e. The highest BCUT2D eigenvalue weighted by molar-refractivity contribution is 5.95. The molecule has 4 heteroatoms. The van der Waals surface area contributed by atoms with Crippen molar-refractivity contribution in [3.8, 4) is 28.2 Å². The van der Waals surface area contributed by atoms with Crippen molar-refractivity contribution in [2.75, 3.05) is 6.61 Å². The molecule has 4 nitrogen and oxygen atoms in total. The van der Waals surface area contributed by atoms with Gasteiger partial charge in [0.15, 0.2) is 0 Å². The zero-order valence-corrected chi connectivity index (χ0v) is 21.9. The summed E-state index contributed by atoms with van der Waals surface area (Å²) < 4.78 is 7.43. The second kappa shape index (κ2) is 11.1. The number of ether oxygens (including phenoxy) is 1. The highest BCUT2D eigenvalue weighted by Gasteiger charge is 2.19. The molecule has 0 spiro atoms. The van der Waals surface area contributed by atoms with Gasteiger partial charge < -0.3 is 9.30 Å². The summed E-state index contributed by atoms with van der Waals surface area (Å²) in [4.78, 5) is 17.2. The maximum Gasteiger partial charge on any atom is 0.338 e. The van der Waals surface area contributed by atoms with E-state index < -0.39 is 0 Å². The van der Waals surface area contributed by atoms with Crippen molar-refractivity contribution in [3.05, 3.63) is 131 Å². The third-order valence-electron chi connectivity index (χ3n) is 6.49. The van der Waals surface area contributed by atoms with Crippen LogP contribution in [0.2, 0.25) is 0 Å². The molecule has 0 radical (unpaired) electrons. The molecule has 0 bridgehead atoms. The lowest BCUT2D eigenvalue weighted by atomic mass is 10.1. The number of hydrogen-bond donors (Lipinski definition) is 0. The Hall–Kier alpha value is -4.70. The molecule has 0 aliphatic heterocycles. The monoisotopic (exact) mass is 498 g/mol. The number of carbonyl (C=O) groups is 1. The molecule has 0 saturated carbocycles. The van der Waals surface area contributed by atoms with E-state index in [-0.39, 0.29) is 5.97 Å². The molecule has 0 aliphatic rings. The van der Waals surface area contributed by atoms with Gasteiger partial charge in [0.05, 0.1) is 29.2 Å². The normalized spacial score (nSPS) is 11.1. The average Bonchev–Trinajstić information content (AvgIpc) is 3.34. The number of esters is 1. The number of aromatic nitrogens is 1. The summed E-state index contributed by atoms with van der Waals surface area (Å²) in [5.74, 6) is -0.320. The van der Waals surface area contributed by atoms with Gasteiger partial charge in [-0.3, -0.25) is 4.99 Å². The quantitative estimate of drug-likeness (QED) is 0.167. The third-order valence-corrected chi connectivity index (χ3v) is 6.49. The van der Waals surface area contributed by atoms with Gasteiger partial charge in [0.1, 0.15) is 0 Å². The van der Waals surface area contributed by atoms with Gasteiger partial charge in [-0.25, -0.2) is 4.79 Å². The molecule has 0 atom stereocenters. The van der Waals surface area contributed by atoms with Crippen molar-refractivity contribution in [1.82, 2.24) is 4.57 Å². The lowest BCUT2D eigenvalue weighted by Gasteiger charge is -2.15. The largest absolute Gasteiger partial charge is 0.462 e. The Bertz CT molecular complexity index is 1580. The highest BCUT2D eigenvalue weighted by Crippen LogP contribution is 2.36. The molecule has 5 aromatic rings. The molecule has 0 aliphatic carbocycles. The van der Waals surface area contributed by atoms with Crippen molar-refractivity contribution < 1.29 is 9.53 Å². The van der Waals surface area contributed by atoms with E-state index in [1.165, 1.54) is 5.56 Å². The number of aliphatic imine (C=N–C) groups is 1. The van der Waals surface area contributed by atoms with Crippen molar-refractivity contribution in [3.63, 3.8) is 0 Å². The van der Waals surface area contributed by atoms with Crippen LogP contribution < -0.4 is 0 Å². The van der Waals surface area contributed by atoms with E-state index in [4.69, 9.17) is 9.73 Å². The predicted molar refractivity (Wildman–Crippen MR) is 156 cm³/mol. The van der Waals surface area contributed by atoms with Crippen LogP contribution in [0.15, 0.2) is 114 Å². The zero-order chi connectivity index (χ0) is 26.5. The minimum atomic E-state index is -0.320. The number of hydrogen-bond acceptors (Lipinski definition) is 3. The van der Waals surface area contributed by atoms with Gasteiger partial charge in [-0.15, -0.1) is 0 Å². The Labute approximate surface area is 223 Å². The van der Waals surface area contributed by atoms with Crippen LogP contribution in [0, 0.1) is 13.8 Å². The Balaban J connectivity index is 1.73. The van der Waals surface area contributed by atoms with Gasteiger partial charge in [-0.2, -0.15) is 0 Å². The summed E-state index contributed by atoms with van der Waals surface area (Å²) in [5, 5.41) is 0. The number of nitrogens with zero attached hydrogens (tertiary/aromatic N) is 2. The number of carbonyl (C=O) groups excluding carboxylic acids is 1. The first-order valence-electron chi connectivity index (χ1n) is 12.8. The van der Waals surface area contributed by atoms with Crippen molar-refractivity contribution >= 4 is 17.9 Å². The Kier molecular flexibility index (Phi) is 7.32. The molecule has 5 rings (SSSR count). The number of benzene rings is 4. The van der Waals surface area contributed by atoms with Crippen LogP contribution in [-0.4, -0.2) is 23.4 Å². The molecule has 0 amide bonds. The van der Waals surface area contributed by atoms with Gasteiger partial charge in [0.25, 0.3) is 0 Å². The van der Waals surface area contributed by atoms with Crippen molar-refractivity contribution in [1.29, 1.82) is 0 Å². The van der Waals surface area contributed by atoms with Crippen molar-refractivity contribution in [2.45, 2.75) is 20.8 Å². The van der Waals surface area contributed by atoms with E-state index in [2.05, 4.69) is 66.9 Å². The summed E-state index contributed by atoms with van der Waals surface area (Å²) in [7, 11) is 0. The van der Waals surface area contributed by atoms with Gasteiger partial charge >= 0.3 is 5.97 Å². The average molecular weight is 499 g/mol. The van der Waals surface area contributed by atoms with Crippen LogP contribution in [0.4, 0.5) is 5.69 Å². The van der Waals surface area contributed by atoms with E-state index in [1.54, 1.807) is 0 Å². The standard InChI is InChI=1S/C34H30N2O2/c1-4-38-34(37)28-17-19-30(20-18-28)36-32(26-11-7-5-8-12-26)22-29(33(36)27-13-9-6-10-14-27)23-35-31-21-24(2)15-16-25(31)3/h5-23H,4H2,1-3H3. The molecule has 1 aromatic heterocycles. The molecule has 38 heavy (non-hydrogen) atoms. The fourth-order valence-electron chi connectivity index (χ4n) is 4.57. The maximum absolute atomic E-state index is 12.3. The SMILES string of the molecule is CCOC(=O)c1ccc(-n2c(-c3ccccc3)cc(C=Nc3cc(C)ccc3C)c2-c2ccccc2)cc1. The maximum atomic E-state index is 12.3. The third kappa shape index (κ3) is 5.21. The zero-order valence-electron chi connectivity index (χ0n) is 21.9. The first-order chi connectivity index (χ1) is 18.5. The molecule has 0 saturated heterocycles. The summed E-state index contributed by atoms with van der Waals surface area (Å²) >= 11 is 0. The number of aryl methyl sites for hydroxylation is 2. The number of rotatable bonds is 7. The fraction of sp³-hybridized carbons (Fsp3) is 0.118. The molecule has 0 fully saturated rings. The lowest BCUT2D eigenvalue weighted by molar-refractivity contribution is 0.0526. The molecule has 1 heterocycles. The van der Waals surface area contributed by atoms with Crippen LogP contribution in [-0.2, 0) is 4.74 Å². The van der Waals surface area contributed by atoms with E-state index in [9.17, 15) is 4.79 Å². The van der Waals surface area contributed by atoms with Crippen molar-refractivity contribution in [2.24, 2.45) is 4.99 Å². The first-order valence-corrected chi connectivity index (χ1v) is 12.8. The molecular formula is C34H30N2O2. The smallest absolute Gasteiger partial charge is 0.338 e. The topological polar surface area (TPSA) is 43.6 Å². The molecule has 4 aromatic carbocycles. The van der Waals surface area contributed by atoms with E-state index >= 15 is 0 Å². The van der Waals surface area contributed by atoms with E-state index in [0.29, 0.717) is 12.2 Å². The fourth-order valence-corrected chi connectivity index (χ4v) is 4.57. The van der Waals surface area contributed by atoms with Crippen LogP contribution in [0.5, 0.6) is 0 Å². The second-order valence-electron chi connectivity index (χ2n) is 9.22.